The Morgan fingerprint density at radius 2 is 2.00 bits per heavy atom. The largest absolute Gasteiger partial charge is 0.492 e. The second kappa shape index (κ2) is 6.72. The van der Waals surface area contributed by atoms with Crippen LogP contribution in [0.2, 0.25) is 0 Å². The van der Waals surface area contributed by atoms with E-state index in [1.54, 1.807) is 0 Å². The summed E-state index contributed by atoms with van der Waals surface area (Å²) >= 11 is 0. The van der Waals surface area contributed by atoms with Gasteiger partial charge in [-0.2, -0.15) is 0 Å². The van der Waals surface area contributed by atoms with Crippen LogP contribution in [0.5, 0.6) is 5.75 Å². The molecule has 1 fully saturated rings. The molecular weight excluding hydrogens is 254 g/mol. The minimum atomic E-state index is 0.721. The Morgan fingerprint density at radius 1 is 1.20 bits per heavy atom. The summed E-state index contributed by atoms with van der Waals surface area (Å²) in [6.07, 6.45) is 0. The van der Waals surface area contributed by atoms with Gasteiger partial charge in [0.05, 0.1) is 19.8 Å². The average molecular weight is 275 g/mol. The van der Waals surface area contributed by atoms with Crippen LogP contribution in [-0.4, -0.2) is 63.3 Å². The number of nitrogens with one attached hydrogen (secondary N) is 1. The SMILES string of the molecule is c1cc(C2=NCCN2)ccc1OCCN1CCOCC1. The lowest BCUT2D eigenvalue weighted by Crippen LogP contribution is -2.38. The molecule has 0 radical (unpaired) electrons. The van der Waals surface area contributed by atoms with E-state index in [-0.39, 0.29) is 0 Å². The fraction of sp³-hybridized carbons (Fsp3) is 0.533. The standard InChI is InChI=1S/C15H21N3O2/c1-3-14(4-2-13(1)15-16-5-6-17-15)20-12-9-18-7-10-19-11-8-18/h1-4H,5-12H2,(H,16,17). The maximum atomic E-state index is 5.78. The number of ether oxygens (including phenoxy) is 2. The zero-order valence-corrected chi connectivity index (χ0v) is 11.7. The van der Waals surface area contributed by atoms with E-state index in [1.165, 1.54) is 0 Å². The lowest BCUT2D eigenvalue weighted by atomic mass is 10.2. The van der Waals surface area contributed by atoms with Crippen molar-refractivity contribution in [2.24, 2.45) is 4.99 Å². The minimum Gasteiger partial charge on any atom is -0.492 e. The molecule has 3 rings (SSSR count). The molecule has 0 amide bonds. The van der Waals surface area contributed by atoms with E-state index in [9.17, 15) is 0 Å². The van der Waals surface area contributed by atoms with Crippen LogP contribution in [0, 0.1) is 0 Å². The van der Waals surface area contributed by atoms with E-state index in [2.05, 4.69) is 27.3 Å². The number of hydrogen-bond acceptors (Lipinski definition) is 5. The van der Waals surface area contributed by atoms with E-state index < -0.39 is 0 Å². The Kier molecular flexibility index (Phi) is 4.50. The van der Waals surface area contributed by atoms with Gasteiger partial charge in [-0.3, -0.25) is 9.89 Å². The van der Waals surface area contributed by atoms with E-state index in [0.717, 1.165) is 69.7 Å². The van der Waals surface area contributed by atoms with Crippen molar-refractivity contribution in [2.45, 2.75) is 0 Å². The number of aliphatic imine (C=N–C) groups is 1. The predicted octanol–water partition coefficient (Wildman–Crippen LogP) is 0.747. The molecule has 0 saturated carbocycles. The molecule has 2 aliphatic rings. The number of morpholine rings is 1. The Balaban J connectivity index is 1.45. The highest BCUT2D eigenvalue weighted by atomic mass is 16.5. The van der Waals surface area contributed by atoms with Gasteiger partial charge in [-0.15, -0.1) is 0 Å². The van der Waals surface area contributed by atoms with E-state index in [4.69, 9.17) is 9.47 Å². The highest BCUT2D eigenvalue weighted by molar-refractivity contribution is 5.99. The Bertz CT molecular complexity index is 453. The zero-order chi connectivity index (χ0) is 13.6. The first kappa shape index (κ1) is 13.4. The summed E-state index contributed by atoms with van der Waals surface area (Å²) in [5.41, 5.74) is 1.13. The summed E-state index contributed by atoms with van der Waals surface area (Å²) < 4.78 is 11.1. The Hall–Kier alpha value is -1.59. The van der Waals surface area contributed by atoms with Crippen molar-refractivity contribution in [2.75, 3.05) is 52.5 Å². The molecule has 20 heavy (non-hydrogen) atoms. The number of nitrogens with zero attached hydrogens (tertiary/aromatic N) is 2. The zero-order valence-electron chi connectivity index (χ0n) is 11.7. The highest BCUT2D eigenvalue weighted by Crippen LogP contribution is 2.13. The summed E-state index contributed by atoms with van der Waals surface area (Å²) in [4.78, 5) is 6.78. The molecular formula is C15H21N3O2. The molecule has 0 spiro atoms. The van der Waals surface area contributed by atoms with Gasteiger partial charge in [0, 0.05) is 31.7 Å². The summed E-state index contributed by atoms with van der Waals surface area (Å²) in [5.74, 6) is 1.91. The lowest BCUT2D eigenvalue weighted by Gasteiger charge is -2.26. The number of rotatable bonds is 5. The Morgan fingerprint density at radius 3 is 2.70 bits per heavy atom. The lowest BCUT2D eigenvalue weighted by molar-refractivity contribution is 0.0322. The van der Waals surface area contributed by atoms with Crippen molar-refractivity contribution < 1.29 is 9.47 Å². The van der Waals surface area contributed by atoms with Crippen LogP contribution >= 0.6 is 0 Å². The third-order valence-electron chi connectivity index (χ3n) is 3.58. The highest BCUT2D eigenvalue weighted by Gasteiger charge is 2.10. The second-order valence-corrected chi connectivity index (χ2v) is 4.98. The molecule has 5 nitrogen and oxygen atoms in total. The Labute approximate surface area is 119 Å². The van der Waals surface area contributed by atoms with Gasteiger partial charge in [-0.05, 0) is 24.3 Å². The van der Waals surface area contributed by atoms with Gasteiger partial charge < -0.3 is 14.8 Å². The molecule has 0 atom stereocenters. The molecule has 2 heterocycles. The van der Waals surface area contributed by atoms with Crippen molar-refractivity contribution in [3.8, 4) is 5.75 Å². The summed E-state index contributed by atoms with van der Waals surface area (Å²) in [5, 5.41) is 3.27. The van der Waals surface area contributed by atoms with Crippen LogP contribution in [0.3, 0.4) is 0 Å². The van der Waals surface area contributed by atoms with Gasteiger partial charge in [0.25, 0.3) is 0 Å². The number of amidine groups is 1. The average Bonchev–Trinajstić information content (AvgIpc) is 3.03. The van der Waals surface area contributed by atoms with Crippen molar-refractivity contribution in [1.29, 1.82) is 0 Å². The van der Waals surface area contributed by atoms with E-state index in [1.807, 2.05) is 12.1 Å². The molecule has 1 N–H and O–H groups in total. The molecule has 0 unspecified atom stereocenters. The fourth-order valence-electron chi connectivity index (χ4n) is 2.42. The van der Waals surface area contributed by atoms with Gasteiger partial charge in [0.15, 0.2) is 0 Å². The van der Waals surface area contributed by atoms with E-state index in [0.29, 0.717) is 0 Å². The third kappa shape index (κ3) is 3.49. The molecule has 2 aliphatic heterocycles. The number of hydrogen-bond donors (Lipinski definition) is 1. The van der Waals surface area contributed by atoms with Crippen LogP contribution in [0.4, 0.5) is 0 Å². The maximum Gasteiger partial charge on any atom is 0.128 e. The molecule has 1 aromatic rings. The molecule has 0 aliphatic carbocycles. The van der Waals surface area contributed by atoms with Gasteiger partial charge in [0.2, 0.25) is 0 Å². The van der Waals surface area contributed by atoms with Crippen LogP contribution < -0.4 is 10.1 Å². The first-order valence-electron chi connectivity index (χ1n) is 7.23. The fourth-order valence-corrected chi connectivity index (χ4v) is 2.42. The predicted molar refractivity (Wildman–Crippen MR) is 78.6 cm³/mol. The maximum absolute atomic E-state index is 5.78. The monoisotopic (exact) mass is 275 g/mol. The third-order valence-corrected chi connectivity index (χ3v) is 3.58. The molecule has 0 aromatic heterocycles. The van der Waals surface area contributed by atoms with Crippen molar-refractivity contribution in [1.82, 2.24) is 10.2 Å². The smallest absolute Gasteiger partial charge is 0.128 e. The first-order chi connectivity index (χ1) is 9.92. The van der Waals surface area contributed by atoms with Gasteiger partial charge >= 0.3 is 0 Å². The summed E-state index contributed by atoms with van der Waals surface area (Å²) in [6.45, 7) is 7.17. The van der Waals surface area contributed by atoms with Gasteiger partial charge in [-0.1, -0.05) is 0 Å². The van der Waals surface area contributed by atoms with Crippen LogP contribution in [0.15, 0.2) is 29.3 Å². The van der Waals surface area contributed by atoms with Crippen molar-refractivity contribution in [3.05, 3.63) is 29.8 Å². The molecule has 1 saturated heterocycles. The van der Waals surface area contributed by atoms with Gasteiger partial charge in [-0.25, -0.2) is 0 Å². The minimum absolute atomic E-state index is 0.721. The topological polar surface area (TPSA) is 46.1 Å². The van der Waals surface area contributed by atoms with Crippen molar-refractivity contribution in [3.63, 3.8) is 0 Å². The molecule has 108 valence electrons. The quantitative estimate of drug-likeness (QED) is 0.861. The van der Waals surface area contributed by atoms with Crippen LogP contribution in [-0.2, 0) is 4.74 Å². The molecule has 0 bridgehead atoms. The normalized spacial score (nSPS) is 19.5. The molecule has 1 aromatic carbocycles. The summed E-state index contributed by atoms with van der Waals surface area (Å²) in [6, 6.07) is 8.14. The van der Waals surface area contributed by atoms with Crippen molar-refractivity contribution >= 4 is 5.84 Å². The summed E-state index contributed by atoms with van der Waals surface area (Å²) in [7, 11) is 0. The number of benzene rings is 1. The van der Waals surface area contributed by atoms with Crippen LogP contribution in [0.25, 0.3) is 0 Å². The van der Waals surface area contributed by atoms with Gasteiger partial charge in [0.1, 0.15) is 18.2 Å². The molecule has 5 heteroatoms. The van der Waals surface area contributed by atoms with Crippen LogP contribution in [0.1, 0.15) is 5.56 Å². The second-order valence-electron chi connectivity index (χ2n) is 4.98. The van der Waals surface area contributed by atoms with E-state index >= 15 is 0 Å². The first-order valence-corrected chi connectivity index (χ1v) is 7.23.